The van der Waals surface area contributed by atoms with Crippen molar-refractivity contribution >= 4 is 45.2 Å². The van der Waals surface area contributed by atoms with Crippen LogP contribution in [0, 0.1) is 0 Å². The summed E-state index contributed by atoms with van der Waals surface area (Å²) in [7, 11) is -4.00. The molecule has 0 saturated heterocycles. The third-order valence-corrected chi connectivity index (χ3v) is 3.74. The van der Waals surface area contributed by atoms with Gasteiger partial charge in [-0.05, 0) is 12.1 Å². The summed E-state index contributed by atoms with van der Waals surface area (Å²) in [6, 6.07) is 4.13. The van der Waals surface area contributed by atoms with E-state index in [-0.39, 0.29) is 14.9 Å². The molecule has 3 nitrogen and oxygen atoms in total. The number of hydrogen-bond acceptors (Lipinski definition) is 3. The van der Waals surface area contributed by atoms with Gasteiger partial charge in [0.25, 0.3) is 0 Å². The topological polar surface area (TPSA) is 43.4 Å². The van der Waals surface area contributed by atoms with Crippen LogP contribution in [0.1, 0.15) is 0 Å². The molecule has 1 rings (SSSR count). The molecule has 0 fully saturated rings. The largest absolute Gasteiger partial charge is 0.314 e. The van der Waals surface area contributed by atoms with Crippen LogP contribution in [0.5, 0.6) is 0 Å². The van der Waals surface area contributed by atoms with Crippen molar-refractivity contribution in [2.75, 3.05) is 0 Å². The van der Waals surface area contributed by atoms with E-state index >= 15 is 0 Å². The molecule has 13 heavy (non-hydrogen) atoms. The summed E-state index contributed by atoms with van der Waals surface area (Å²) in [4.78, 5) is -0.253. The van der Waals surface area contributed by atoms with Crippen molar-refractivity contribution in [1.29, 1.82) is 0 Å². The number of halogens is 3. The number of rotatable bonds is 2. The highest BCUT2D eigenvalue weighted by atomic mass is 35.5. The van der Waals surface area contributed by atoms with Gasteiger partial charge in [-0.1, -0.05) is 29.3 Å². The van der Waals surface area contributed by atoms with Crippen molar-refractivity contribution in [3.8, 4) is 0 Å². The summed E-state index contributed by atoms with van der Waals surface area (Å²) < 4.78 is 25.9. The quantitative estimate of drug-likeness (QED) is 0.822. The Labute approximate surface area is 90.5 Å². The van der Waals surface area contributed by atoms with Gasteiger partial charge in [0.05, 0.1) is 21.9 Å². The zero-order valence-electron chi connectivity index (χ0n) is 6.00. The summed E-state index contributed by atoms with van der Waals surface area (Å²) in [6.07, 6.45) is 0. The molecule has 0 saturated carbocycles. The van der Waals surface area contributed by atoms with Crippen molar-refractivity contribution in [2.45, 2.75) is 4.90 Å². The lowest BCUT2D eigenvalue weighted by Gasteiger charge is -2.02. The summed E-state index contributed by atoms with van der Waals surface area (Å²) in [5.74, 6) is 0. The maximum atomic E-state index is 11.1. The maximum Gasteiger partial charge on any atom is 0.314 e. The van der Waals surface area contributed by atoms with E-state index in [9.17, 15) is 8.42 Å². The first kappa shape index (κ1) is 11.1. The Balaban J connectivity index is 3.40. The average molecular weight is 262 g/mol. The summed E-state index contributed by atoms with van der Waals surface area (Å²) in [6.45, 7) is 0. The van der Waals surface area contributed by atoms with Crippen molar-refractivity contribution < 1.29 is 12.2 Å². The van der Waals surface area contributed by atoms with E-state index in [0.717, 1.165) is 0 Å². The lowest BCUT2D eigenvalue weighted by molar-refractivity contribution is 0.509. The Morgan fingerprint density at radius 1 is 1.23 bits per heavy atom. The average Bonchev–Trinajstić information content (AvgIpc) is 2.09. The smallest absolute Gasteiger partial charge is 0.193 e. The zero-order valence-corrected chi connectivity index (χ0v) is 9.08. The molecule has 0 aromatic heterocycles. The van der Waals surface area contributed by atoms with E-state index < -0.39 is 10.1 Å². The van der Waals surface area contributed by atoms with Gasteiger partial charge in [0.15, 0.2) is 0 Å². The van der Waals surface area contributed by atoms with Gasteiger partial charge < -0.3 is 0 Å². The first-order chi connectivity index (χ1) is 5.99. The van der Waals surface area contributed by atoms with Crippen LogP contribution in [0.15, 0.2) is 23.1 Å². The van der Waals surface area contributed by atoms with Crippen molar-refractivity contribution in [3.05, 3.63) is 28.2 Å². The molecular weight excluding hydrogens is 258 g/mol. The standard InChI is InChI=1S/C6H3Cl3O3S/c7-4-2-1-3-5(6(4)8)13(10,11)12-9/h1-3H. The maximum absolute atomic E-state index is 11.1. The molecule has 1 aromatic rings. The normalized spacial score (nSPS) is 11.6. The van der Waals surface area contributed by atoms with Gasteiger partial charge in [0.2, 0.25) is 0 Å². The van der Waals surface area contributed by atoms with Gasteiger partial charge in [0.1, 0.15) is 4.90 Å². The second-order valence-electron chi connectivity index (χ2n) is 2.07. The fourth-order valence-corrected chi connectivity index (χ4v) is 2.20. The highest BCUT2D eigenvalue weighted by Gasteiger charge is 2.19. The Morgan fingerprint density at radius 2 is 1.85 bits per heavy atom. The molecule has 0 radical (unpaired) electrons. The van der Waals surface area contributed by atoms with Crippen LogP contribution >= 0.6 is 35.1 Å². The van der Waals surface area contributed by atoms with Crippen LogP contribution in [0.2, 0.25) is 10.0 Å². The van der Waals surface area contributed by atoms with Crippen molar-refractivity contribution in [3.63, 3.8) is 0 Å². The molecule has 0 amide bonds. The Hall–Kier alpha value is -0.000000000000000111. The fraction of sp³-hybridized carbons (Fsp3) is 0. The molecule has 72 valence electrons. The van der Waals surface area contributed by atoms with Gasteiger partial charge in [0, 0.05) is 0 Å². The van der Waals surface area contributed by atoms with Gasteiger partial charge >= 0.3 is 10.1 Å². The van der Waals surface area contributed by atoms with Gasteiger partial charge in [-0.25, -0.2) is 0 Å². The van der Waals surface area contributed by atoms with Crippen molar-refractivity contribution in [1.82, 2.24) is 0 Å². The Kier molecular flexibility index (Phi) is 3.43. The predicted octanol–water partition coefficient (Wildman–Crippen LogP) is 2.85. The zero-order chi connectivity index (χ0) is 10.1. The molecular formula is C6H3Cl3O3S. The van der Waals surface area contributed by atoms with Crippen LogP contribution in [-0.4, -0.2) is 8.42 Å². The van der Waals surface area contributed by atoms with E-state index in [2.05, 4.69) is 3.74 Å². The van der Waals surface area contributed by atoms with Gasteiger partial charge in [-0.15, -0.1) is 0 Å². The molecule has 0 bridgehead atoms. The molecule has 0 aliphatic heterocycles. The minimum Gasteiger partial charge on any atom is -0.193 e. The monoisotopic (exact) mass is 260 g/mol. The minimum atomic E-state index is -4.00. The minimum absolute atomic E-state index is 0.107. The molecule has 1 aromatic carbocycles. The molecule has 0 spiro atoms. The first-order valence-corrected chi connectivity index (χ1v) is 5.45. The van der Waals surface area contributed by atoms with Gasteiger partial charge in [-0.2, -0.15) is 12.2 Å². The first-order valence-electron chi connectivity index (χ1n) is 2.98. The van der Waals surface area contributed by atoms with Crippen LogP contribution in [0.3, 0.4) is 0 Å². The molecule has 0 N–H and O–H groups in total. The summed E-state index contributed by atoms with van der Waals surface area (Å²) in [5, 5.41) is 0.0151. The lowest BCUT2D eigenvalue weighted by Crippen LogP contribution is -2.00. The second kappa shape index (κ2) is 4.02. The van der Waals surface area contributed by atoms with E-state index in [0.29, 0.717) is 0 Å². The Bertz CT molecular complexity index is 415. The van der Waals surface area contributed by atoms with E-state index in [4.69, 9.17) is 35.1 Å². The molecule has 0 heterocycles. The van der Waals surface area contributed by atoms with Crippen LogP contribution < -0.4 is 0 Å². The predicted molar refractivity (Wildman–Crippen MR) is 50.6 cm³/mol. The number of hydrogen-bond donors (Lipinski definition) is 0. The molecule has 7 heteroatoms. The summed E-state index contributed by atoms with van der Waals surface area (Å²) in [5.41, 5.74) is 0. The van der Waals surface area contributed by atoms with Crippen LogP contribution in [0.4, 0.5) is 0 Å². The van der Waals surface area contributed by atoms with Crippen LogP contribution in [0.25, 0.3) is 0 Å². The second-order valence-corrected chi connectivity index (χ2v) is 4.71. The van der Waals surface area contributed by atoms with Crippen LogP contribution in [-0.2, 0) is 13.9 Å². The fourth-order valence-electron chi connectivity index (χ4n) is 0.711. The summed E-state index contributed by atoms with van der Waals surface area (Å²) >= 11 is 16.0. The third kappa shape index (κ3) is 2.27. The van der Waals surface area contributed by atoms with Crippen molar-refractivity contribution in [2.24, 2.45) is 0 Å². The third-order valence-electron chi connectivity index (χ3n) is 1.27. The van der Waals surface area contributed by atoms with Gasteiger partial charge in [-0.3, -0.25) is 0 Å². The highest BCUT2D eigenvalue weighted by molar-refractivity contribution is 7.87. The molecule has 0 aliphatic rings. The van der Waals surface area contributed by atoms with E-state index in [1.54, 1.807) is 0 Å². The van der Waals surface area contributed by atoms with E-state index in [1.165, 1.54) is 18.2 Å². The molecule has 0 atom stereocenters. The molecule has 0 aliphatic carbocycles. The molecule has 0 unspecified atom stereocenters. The Morgan fingerprint density at radius 3 is 2.38 bits per heavy atom. The lowest BCUT2D eigenvalue weighted by atomic mass is 10.4. The van der Waals surface area contributed by atoms with E-state index in [1.807, 2.05) is 0 Å². The number of benzene rings is 1. The SMILES string of the molecule is O=S(=O)(OCl)c1cccc(Cl)c1Cl. The highest BCUT2D eigenvalue weighted by Crippen LogP contribution is 2.30.